The Kier molecular flexibility index (Phi) is 3.79. The van der Waals surface area contributed by atoms with E-state index < -0.39 is 0 Å². The number of hydrogen-bond acceptors (Lipinski definition) is 2. The number of benzene rings is 2. The molecule has 0 atom stereocenters. The minimum atomic E-state index is -0.248. The number of rotatable bonds is 3. The van der Waals surface area contributed by atoms with E-state index in [9.17, 15) is 4.79 Å². The molecule has 110 valence electrons. The van der Waals surface area contributed by atoms with Crippen LogP contribution in [-0.4, -0.2) is 5.91 Å². The molecule has 0 aliphatic carbocycles. The summed E-state index contributed by atoms with van der Waals surface area (Å²) in [4.78, 5) is 12.2. The minimum Gasteiger partial charge on any atom is -0.451 e. The molecule has 0 aliphatic rings. The number of furan rings is 1. The third-order valence-electron chi connectivity index (χ3n) is 3.37. The molecule has 2 aromatic carbocycles. The van der Waals surface area contributed by atoms with E-state index in [0.717, 1.165) is 11.3 Å². The Labute approximate surface area is 129 Å². The highest BCUT2D eigenvalue weighted by Crippen LogP contribution is 2.25. The lowest BCUT2D eigenvalue weighted by Gasteiger charge is -2.03. The maximum atomic E-state index is 12.2. The van der Waals surface area contributed by atoms with Crippen molar-refractivity contribution in [3.63, 3.8) is 0 Å². The summed E-state index contributed by atoms with van der Waals surface area (Å²) in [6.45, 7) is 4.09. The molecule has 0 saturated carbocycles. The first-order valence-electron chi connectivity index (χ1n) is 7.17. The second-order valence-corrected chi connectivity index (χ2v) is 5.36. The first-order valence-corrected chi connectivity index (χ1v) is 7.17. The van der Waals surface area contributed by atoms with Crippen LogP contribution in [-0.2, 0) is 0 Å². The van der Waals surface area contributed by atoms with E-state index in [1.165, 1.54) is 11.1 Å². The SMILES string of the molecule is Cc1cc(C)cc(-c2ccc(C(=O)Nc3ccccc3)o2)c1. The summed E-state index contributed by atoms with van der Waals surface area (Å²) in [5.74, 6) is 0.754. The van der Waals surface area contributed by atoms with Crippen LogP contribution in [0.5, 0.6) is 0 Å². The van der Waals surface area contributed by atoms with Crippen molar-refractivity contribution in [3.8, 4) is 11.3 Å². The van der Waals surface area contributed by atoms with Gasteiger partial charge in [-0.25, -0.2) is 0 Å². The normalized spacial score (nSPS) is 10.5. The zero-order valence-corrected chi connectivity index (χ0v) is 12.6. The second-order valence-electron chi connectivity index (χ2n) is 5.36. The fraction of sp³-hybridized carbons (Fsp3) is 0.105. The van der Waals surface area contributed by atoms with Gasteiger partial charge in [0.05, 0.1) is 0 Å². The fourth-order valence-electron chi connectivity index (χ4n) is 2.45. The van der Waals surface area contributed by atoms with Crippen molar-refractivity contribution < 1.29 is 9.21 Å². The average Bonchev–Trinajstić information content (AvgIpc) is 2.97. The van der Waals surface area contributed by atoms with E-state index in [-0.39, 0.29) is 5.91 Å². The Bertz CT molecular complexity index is 783. The molecule has 0 radical (unpaired) electrons. The van der Waals surface area contributed by atoms with Gasteiger partial charge in [-0.3, -0.25) is 4.79 Å². The van der Waals surface area contributed by atoms with E-state index in [1.54, 1.807) is 6.07 Å². The van der Waals surface area contributed by atoms with Crippen molar-refractivity contribution in [2.45, 2.75) is 13.8 Å². The van der Waals surface area contributed by atoms with Crippen molar-refractivity contribution in [2.24, 2.45) is 0 Å². The van der Waals surface area contributed by atoms with Crippen LogP contribution in [0.1, 0.15) is 21.7 Å². The Morgan fingerprint density at radius 2 is 1.59 bits per heavy atom. The number of hydrogen-bond donors (Lipinski definition) is 1. The lowest BCUT2D eigenvalue weighted by Crippen LogP contribution is -2.10. The topological polar surface area (TPSA) is 42.2 Å². The smallest absolute Gasteiger partial charge is 0.291 e. The van der Waals surface area contributed by atoms with Crippen LogP contribution >= 0.6 is 0 Å². The molecule has 1 N–H and O–H groups in total. The number of nitrogens with one attached hydrogen (secondary N) is 1. The molecule has 0 saturated heterocycles. The van der Waals surface area contributed by atoms with Crippen LogP contribution in [0.4, 0.5) is 5.69 Å². The number of para-hydroxylation sites is 1. The summed E-state index contributed by atoms with van der Waals surface area (Å²) < 4.78 is 5.70. The lowest BCUT2D eigenvalue weighted by atomic mass is 10.1. The standard InChI is InChI=1S/C19H17NO2/c1-13-10-14(2)12-15(11-13)17-8-9-18(22-17)19(21)20-16-6-4-3-5-7-16/h3-12H,1-2H3,(H,20,21). The summed E-state index contributed by atoms with van der Waals surface area (Å²) >= 11 is 0. The number of aryl methyl sites for hydroxylation is 2. The lowest BCUT2D eigenvalue weighted by molar-refractivity contribution is 0.0997. The van der Waals surface area contributed by atoms with E-state index in [4.69, 9.17) is 4.42 Å². The van der Waals surface area contributed by atoms with E-state index in [0.29, 0.717) is 11.5 Å². The zero-order chi connectivity index (χ0) is 15.5. The summed E-state index contributed by atoms with van der Waals surface area (Å²) in [5.41, 5.74) is 4.07. The van der Waals surface area contributed by atoms with Crippen molar-refractivity contribution >= 4 is 11.6 Å². The number of carbonyl (C=O) groups is 1. The van der Waals surface area contributed by atoms with Gasteiger partial charge in [0, 0.05) is 11.3 Å². The summed E-state index contributed by atoms with van der Waals surface area (Å²) in [6.07, 6.45) is 0. The molecule has 0 bridgehead atoms. The van der Waals surface area contributed by atoms with Gasteiger partial charge in [0.1, 0.15) is 5.76 Å². The fourth-order valence-corrected chi connectivity index (χ4v) is 2.45. The predicted molar refractivity (Wildman–Crippen MR) is 88.0 cm³/mol. The Hall–Kier alpha value is -2.81. The van der Waals surface area contributed by atoms with Crippen LogP contribution in [0.3, 0.4) is 0 Å². The van der Waals surface area contributed by atoms with Gasteiger partial charge in [-0.05, 0) is 50.2 Å². The van der Waals surface area contributed by atoms with Crippen LogP contribution < -0.4 is 5.32 Å². The molecular weight excluding hydrogens is 274 g/mol. The number of carbonyl (C=O) groups excluding carboxylic acids is 1. The molecule has 3 heteroatoms. The first kappa shape index (κ1) is 14.1. The third-order valence-corrected chi connectivity index (χ3v) is 3.37. The average molecular weight is 291 g/mol. The molecule has 0 fully saturated rings. The third kappa shape index (κ3) is 3.09. The van der Waals surface area contributed by atoms with Gasteiger partial charge < -0.3 is 9.73 Å². The molecule has 0 aliphatic heterocycles. The van der Waals surface area contributed by atoms with Gasteiger partial charge in [0.25, 0.3) is 5.91 Å². The molecule has 0 spiro atoms. The molecule has 1 aromatic heterocycles. The van der Waals surface area contributed by atoms with Gasteiger partial charge in [-0.2, -0.15) is 0 Å². The molecule has 1 heterocycles. The Morgan fingerprint density at radius 3 is 2.27 bits per heavy atom. The van der Waals surface area contributed by atoms with Crippen molar-refractivity contribution in [1.29, 1.82) is 0 Å². The monoisotopic (exact) mass is 291 g/mol. The molecule has 3 rings (SSSR count). The minimum absolute atomic E-state index is 0.248. The Balaban J connectivity index is 1.83. The van der Waals surface area contributed by atoms with Crippen molar-refractivity contribution in [2.75, 3.05) is 5.32 Å². The van der Waals surface area contributed by atoms with Gasteiger partial charge >= 0.3 is 0 Å². The summed E-state index contributed by atoms with van der Waals surface area (Å²) in [6, 6.07) is 19.1. The predicted octanol–water partition coefficient (Wildman–Crippen LogP) is 4.82. The van der Waals surface area contributed by atoms with E-state index in [2.05, 4.69) is 11.4 Å². The van der Waals surface area contributed by atoms with Gasteiger partial charge in [-0.1, -0.05) is 35.4 Å². The molecule has 1 amide bonds. The first-order chi connectivity index (χ1) is 10.6. The van der Waals surface area contributed by atoms with E-state index in [1.807, 2.05) is 62.4 Å². The van der Waals surface area contributed by atoms with Crippen LogP contribution in [0.15, 0.2) is 65.1 Å². The maximum absolute atomic E-state index is 12.2. The van der Waals surface area contributed by atoms with Crippen molar-refractivity contribution in [3.05, 3.63) is 77.6 Å². The summed E-state index contributed by atoms with van der Waals surface area (Å²) in [7, 11) is 0. The Morgan fingerprint density at radius 1 is 0.909 bits per heavy atom. The second kappa shape index (κ2) is 5.90. The van der Waals surface area contributed by atoms with Crippen molar-refractivity contribution in [1.82, 2.24) is 0 Å². The maximum Gasteiger partial charge on any atom is 0.291 e. The molecule has 0 unspecified atom stereocenters. The molecule has 3 nitrogen and oxygen atoms in total. The van der Waals surface area contributed by atoms with Crippen LogP contribution in [0.25, 0.3) is 11.3 Å². The largest absolute Gasteiger partial charge is 0.451 e. The summed E-state index contributed by atoms with van der Waals surface area (Å²) in [5, 5.41) is 2.81. The van der Waals surface area contributed by atoms with Crippen LogP contribution in [0.2, 0.25) is 0 Å². The number of anilines is 1. The highest BCUT2D eigenvalue weighted by molar-refractivity contribution is 6.02. The highest BCUT2D eigenvalue weighted by Gasteiger charge is 2.12. The van der Waals surface area contributed by atoms with E-state index >= 15 is 0 Å². The van der Waals surface area contributed by atoms with Gasteiger partial charge in [0.15, 0.2) is 5.76 Å². The quantitative estimate of drug-likeness (QED) is 0.752. The van der Waals surface area contributed by atoms with Gasteiger partial charge in [0.2, 0.25) is 0 Å². The van der Waals surface area contributed by atoms with Gasteiger partial charge in [-0.15, -0.1) is 0 Å². The molecule has 22 heavy (non-hydrogen) atoms. The zero-order valence-electron chi connectivity index (χ0n) is 12.6. The molecule has 3 aromatic rings. The number of amides is 1. The molecular formula is C19H17NO2. The highest BCUT2D eigenvalue weighted by atomic mass is 16.3. The van der Waals surface area contributed by atoms with Crippen LogP contribution in [0, 0.1) is 13.8 Å².